The van der Waals surface area contributed by atoms with E-state index in [1.807, 2.05) is 0 Å². The van der Waals surface area contributed by atoms with Gasteiger partial charge >= 0.3 is 0 Å². The third-order valence-corrected chi connectivity index (χ3v) is 2.74. The molecule has 0 unspecified atom stereocenters. The van der Waals surface area contributed by atoms with Crippen molar-refractivity contribution in [3.05, 3.63) is 0 Å². The minimum Gasteiger partial charge on any atom is -0.355 e. The Labute approximate surface area is 100 Å². The van der Waals surface area contributed by atoms with E-state index in [1.165, 1.54) is 44.9 Å². The van der Waals surface area contributed by atoms with Gasteiger partial charge in [-0.2, -0.15) is 0 Å². The van der Waals surface area contributed by atoms with Gasteiger partial charge in [0.15, 0.2) is 0 Å². The molecular weight excluding hydrogens is 200 g/mol. The van der Waals surface area contributed by atoms with Crippen LogP contribution in [0.2, 0.25) is 0 Å². The second-order valence-corrected chi connectivity index (χ2v) is 4.55. The fraction of sp³-hybridized carbons (Fsp3) is 0.923. The molecule has 0 fully saturated rings. The third-order valence-electron chi connectivity index (χ3n) is 2.74. The van der Waals surface area contributed by atoms with Crippen molar-refractivity contribution in [1.82, 2.24) is 5.32 Å². The molecular formula is C13H28N2O. The summed E-state index contributed by atoms with van der Waals surface area (Å²) < 4.78 is 0. The fourth-order valence-electron chi connectivity index (χ4n) is 1.63. The van der Waals surface area contributed by atoms with E-state index in [9.17, 15) is 4.79 Å². The molecule has 96 valence electrons. The van der Waals surface area contributed by atoms with Gasteiger partial charge in [-0.15, -0.1) is 0 Å². The van der Waals surface area contributed by atoms with Crippen LogP contribution in [0.1, 0.15) is 65.2 Å². The maximum absolute atomic E-state index is 11.1. The Morgan fingerprint density at radius 3 is 2.06 bits per heavy atom. The minimum atomic E-state index is -0.381. The van der Waals surface area contributed by atoms with E-state index in [-0.39, 0.29) is 11.9 Å². The van der Waals surface area contributed by atoms with Crippen LogP contribution in [0.15, 0.2) is 0 Å². The van der Waals surface area contributed by atoms with Crippen LogP contribution in [-0.4, -0.2) is 18.5 Å². The van der Waals surface area contributed by atoms with Gasteiger partial charge in [-0.1, -0.05) is 51.9 Å². The average molecular weight is 228 g/mol. The van der Waals surface area contributed by atoms with Crippen molar-refractivity contribution in [3.63, 3.8) is 0 Å². The number of carbonyl (C=O) groups is 1. The van der Waals surface area contributed by atoms with Crippen LogP contribution in [-0.2, 0) is 4.79 Å². The van der Waals surface area contributed by atoms with Crippen LogP contribution in [0.5, 0.6) is 0 Å². The second-order valence-electron chi connectivity index (χ2n) is 4.55. The average Bonchev–Trinajstić information content (AvgIpc) is 2.26. The van der Waals surface area contributed by atoms with Gasteiger partial charge in [0.1, 0.15) is 0 Å². The van der Waals surface area contributed by atoms with Crippen molar-refractivity contribution in [2.24, 2.45) is 5.73 Å². The van der Waals surface area contributed by atoms with Gasteiger partial charge in [-0.05, 0) is 13.3 Å². The van der Waals surface area contributed by atoms with E-state index in [1.54, 1.807) is 6.92 Å². The molecule has 0 aliphatic rings. The summed E-state index contributed by atoms with van der Waals surface area (Å²) in [6, 6.07) is -0.381. The van der Waals surface area contributed by atoms with E-state index in [4.69, 9.17) is 5.73 Å². The maximum atomic E-state index is 11.1. The van der Waals surface area contributed by atoms with Crippen LogP contribution < -0.4 is 11.1 Å². The van der Waals surface area contributed by atoms with Crippen molar-refractivity contribution in [2.75, 3.05) is 6.54 Å². The normalized spacial score (nSPS) is 12.4. The molecule has 0 spiro atoms. The van der Waals surface area contributed by atoms with Crippen molar-refractivity contribution in [1.29, 1.82) is 0 Å². The molecule has 0 saturated carbocycles. The molecule has 0 radical (unpaired) electrons. The highest BCUT2D eigenvalue weighted by molar-refractivity contribution is 5.80. The molecule has 0 rings (SSSR count). The summed E-state index contributed by atoms with van der Waals surface area (Å²) in [5, 5.41) is 2.83. The Kier molecular flexibility index (Phi) is 10.5. The Hall–Kier alpha value is -0.570. The lowest BCUT2D eigenvalue weighted by molar-refractivity contribution is -0.121. The number of rotatable bonds is 10. The lowest BCUT2D eigenvalue weighted by Gasteiger charge is -2.07. The number of nitrogens with one attached hydrogen (secondary N) is 1. The zero-order valence-electron chi connectivity index (χ0n) is 10.9. The zero-order valence-corrected chi connectivity index (χ0v) is 10.9. The molecule has 0 aromatic rings. The molecule has 1 amide bonds. The predicted molar refractivity (Wildman–Crippen MR) is 69.3 cm³/mol. The standard InChI is InChI=1S/C13H28N2O/c1-3-4-5-6-7-8-9-10-11-15-13(16)12(2)14/h12H,3-11,14H2,1-2H3,(H,15,16)/t12-/m1/s1. The van der Waals surface area contributed by atoms with E-state index in [2.05, 4.69) is 12.2 Å². The highest BCUT2D eigenvalue weighted by Crippen LogP contribution is 2.07. The third kappa shape index (κ3) is 9.97. The van der Waals surface area contributed by atoms with Gasteiger partial charge < -0.3 is 11.1 Å². The Morgan fingerprint density at radius 1 is 1.06 bits per heavy atom. The number of hydrogen-bond acceptors (Lipinski definition) is 2. The lowest BCUT2D eigenvalue weighted by Crippen LogP contribution is -2.38. The molecule has 0 saturated heterocycles. The van der Waals surface area contributed by atoms with Gasteiger partial charge in [-0.25, -0.2) is 0 Å². The maximum Gasteiger partial charge on any atom is 0.236 e. The van der Waals surface area contributed by atoms with Crippen molar-refractivity contribution in [3.8, 4) is 0 Å². The van der Waals surface area contributed by atoms with Gasteiger partial charge in [0.25, 0.3) is 0 Å². The van der Waals surface area contributed by atoms with Gasteiger partial charge in [0, 0.05) is 6.54 Å². The summed E-state index contributed by atoms with van der Waals surface area (Å²) in [6.07, 6.45) is 10.3. The van der Waals surface area contributed by atoms with Crippen LogP contribution in [0.25, 0.3) is 0 Å². The lowest BCUT2D eigenvalue weighted by atomic mass is 10.1. The number of hydrogen-bond donors (Lipinski definition) is 2. The minimum absolute atomic E-state index is 0.0389. The van der Waals surface area contributed by atoms with E-state index in [0.29, 0.717) is 0 Å². The molecule has 3 heteroatoms. The SMILES string of the molecule is CCCCCCCCCCNC(=O)[C@@H](C)N. The van der Waals surface area contributed by atoms with Crippen molar-refractivity contribution >= 4 is 5.91 Å². The molecule has 0 heterocycles. The van der Waals surface area contributed by atoms with Crippen LogP contribution in [0, 0.1) is 0 Å². The molecule has 0 aliphatic heterocycles. The van der Waals surface area contributed by atoms with Crippen molar-refractivity contribution in [2.45, 2.75) is 71.3 Å². The highest BCUT2D eigenvalue weighted by Gasteiger charge is 2.04. The molecule has 3 N–H and O–H groups in total. The second kappa shape index (κ2) is 10.9. The summed E-state index contributed by atoms with van der Waals surface area (Å²) in [6.45, 7) is 4.72. The molecule has 0 aliphatic carbocycles. The van der Waals surface area contributed by atoms with Crippen LogP contribution in [0.4, 0.5) is 0 Å². The molecule has 16 heavy (non-hydrogen) atoms. The monoisotopic (exact) mass is 228 g/mol. The molecule has 1 atom stereocenters. The predicted octanol–water partition coefficient (Wildman–Crippen LogP) is 2.59. The quantitative estimate of drug-likeness (QED) is 0.565. The van der Waals surface area contributed by atoms with Crippen LogP contribution in [0.3, 0.4) is 0 Å². The topological polar surface area (TPSA) is 55.1 Å². The summed E-state index contributed by atoms with van der Waals surface area (Å²) in [5.74, 6) is -0.0389. The highest BCUT2D eigenvalue weighted by atomic mass is 16.2. The Morgan fingerprint density at radius 2 is 1.56 bits per heavy atom. The van der Waals surface area contributed by atoms with Gasteiger partial charge in [-0.3, -0.25) is 4.79 Å². The first-order chi connectivity index (χ1) is 7.68. The summed E-state index contributed by atoms with van der Waals surface area (Å²) in [7, 11) is 0. The smallest absolute Gasteiger partial charge is 0.236 e. The van der Waals surface area contributed by atoms with E-state index < -0.39 is 0 Å². The number of unbranched alkanes of at least 4 members (excludes halogenated alkanes) is 7. The first kappa shape index (κ1) is 15.4. The first-order valence-corrected chi connectivity index (χ1v) is 6.71. The fourth-order valence-corrected chi connectivity index (χ4v) is 1.63. The summed E-state index contributed by atoms with van der Waals surface area (Å²) in [4.78, 5) is 11.1. The summed E-state index contributed by atoms with van der Waals surface area (Å²) in [5.41, 5.74) is 5.43. The van der Waals surface area contributed by atoms with Crippen molar-refractivity contribution < 1.29 is 4.79 Å². The zero-order chi connectivity index (χ0) is 12.2. The molecule has 0 bridgehead atoms. The Balaban J connectivity index is 3.07. The van der Waals surface area contributed by atoms with E-state index in [0.717, 1.165) is 13.0 Å². The summed E-state index contributed by atoms with van der Waals surface area (Å²) >= 11 is 0. The van der Waals surface area contributed by atoms with Gasteiger partial charge in [0.2, 0.25) is 5.91 Å². The first-order valence-electron chi connectivity index (χ1n) is 6.71. The molecule has 3 nitrogen and oxygen atoms in total. The van der Waals surface area contributed by atoms with Gasteiger partial charge in [0.05, 0.1) is 6.04 Å². The molecule has 0 aromatic heterocycles. The molecule has 0 aromatic carbocycles. The number of amides is 1. The number of nitrogens with two attached hydrogens (primary N) is 1. The Bertz CT molecular complexity index is 169. The number of carbonyl (C=O) groups excluding carboxylic acids is 1. The van der Waals surface area contributed by atoms with Crippen LogP contribution >= 0.6 is 0 Å². The van der Waals surface area contributed by atoms with E-state index >= 15 is 0 Å². The largest absolute Gasteiger partial charge is 0.355 e.